The van der Waals surface area contributed by atoms with E-state index < -0.39 is 10.0 Å². The van der Waals surface area contributed by atoms with Crippen molar-refractivity contribution in [3.63, 3.8) is 0 Å². The molecule has 3 rings (SSSR count). The van der Waals surface area contributed by atoms with Gasteiger partial charge in [0, 0.05) is 38.4 Å². The van der Waals surface area contributed by atoms with Crippen LogP contribution < -0.4 is 5.32 Å². The van der Waals surface area contributed by atoms with Gasteiger partial charge in [0.25, 0.3) is 0 Å². The van der Waals surface area contributed by atoms with Crippen LogP contribution in [0.15, 0.2) is 29.2 Å². The summed E-state index contributed by atoms with van der Waals surface area (Å²) in [4.78, 5) is 17.0. The third-order valence-electron chi connectivity index (χ3n) is 6.23. The average molecular weight is 437 g/mol. The first-order valence-electron chi connectivity index (χ1n) is 11.2. The number of hydrogen-bond acceptors (Lipinski definition) is 4. The van der Waals surface area contributed by atoms with Crippen LogP contribution in [0.1, 0.15) is 45.4 Å². The maximum Gasteiger partial charge on any atom is 0.321 e. The first kappa shape index (κ1) is 23.0. The van der Waals surface area contributed by atoms with Gasteiger partial charge in [-0.1, -0.05) is 25.8 Å². The zero-order chi connectivity index (χ0) is 21.6. The van der Waals surface area contributed by atoms with Crippen LogP contribution in [-0.2, 0) is 10.0 Å². The summed E-state index contributed by atoms with van der Waals surface area (Å²) in [5.74, 6) is 0.703. The number of nitrogens with zero attached hydrogens (tertiary/aromatic N) is 3. The number of carbonyl (C=O) groups excluding carboxylic acids is 1. The van der Waals surface area contributed by atoms with E-state index in [0.29, 0.717) is 24.7 Å². The highest BCUT2D eigenvalue weighted by Gasteiger charge is 2.27. The molecule has 168 valence electrons. The molecule has 7 nitrogen and oxygen atoms in total. The fourth-order valence-corrected chi connectivity index (χ4v) is 5.93. The lowest BCUT2D eigenvalue weighted by molar-refractivity contribution is 0.213. The highest BCUT2D eigenvalue weighted by molar-refractivity contribution is 7.89. The molecule has 2 fully saturated rings. The Morgan fingerprint density at radius 2 is 1.90 bits per heavy atom. The maximum atomic E-state index is 13.1. The van der Waals surface area contributed by atoms with E-state index in [-0.39, 0.29) is 10.9 Å². The van der Waals surface area contributed by atoms with Crippen molar-refractivity contribution in [2.24, 2.45) is 5.92 Å². The van der Waals surface area contributed by atoms with Crippen LogP contribution in [0.4, 0.5) is 10.5 Å². The molecule has 30 heavy (non-hydrogen) atoms. The average Bonchev–Trinajstić information content (AvgIpc) is 3.09. The second-order valence-electron chi connectivity index (χ2n) is 8.59. The van der Waals surface area contributed by atoms with Crippen LogP contribution in [0.5, 0.6) is 0 Å². The molecule has 2 saturated heterocycles. The number of urea groups is 1. The van der Waals surface area contributed by atoms with Crippen molar-refractivity contribution in [1.29, 1.82) is 0 Å². The molecule has 0 unspecified atom stereocenters. The number of likely N-dealkylation sites (tertiary alicyclic amines) is 1. The topological polar surface area (TPSA) is 73.0 Å². The van der Waals surface area contributed by atoms with Crippen LogP contribution in [0.3, 0.4) is 0 Å². The molecule has 0 spiro atoms. The number of rotatable bonds is 5. The zero-order valence-electron chi connectivity index (χ0n) is 18.3. The van der Waals surface area contributed by atoms with Gasteiger partial charge in [-0.05, 0) is 63.4 Å². The number of nitrogens with one attached hydrogen (secondary N) is 1. The summed E-state index contributed by atoms with van der Waals surface area (Å²) in [6.07, 6.45) is 6.47. The van der Waals surface area contributed by atoms with E-state index in [2.05, 4.69) is 17.1 Å². The van der Waals surface area contributed by atoms with E-state index in [1.54, 1.807) is 28.6 Å². The largest absolute Gasteiger partial charge is 0.325 e. The Kier molecular flexibility index (Phi) is 8.13. The molecule has 2 heterocycles. The number of likely N-dealkylation sites (N-methyl/N-ethyl adjacent to an activating group) is 1. The van der Waals surface area contributed by atoms with Crippen molar-refractivity contribution >= 4 is 21.7 Å². The summed E-state index contributed by atoms with van der Waals surface area (Å²) >= 11 is 0. The quantitative estimate of drug-likeness (QED) is 0.767. The number of sulfonamides is 1. The van der Waals surface area contributed by atoms with Gasteiger partial charge in [-0.2, -0.15) is 4.31 Å². The Morgan fingerprint density at radius 1 is 1.07 bits per heavy atom. The molecule has 1 atom stereocenters. The summed E-state index contributed by atoms with van der Waals surface area (Å²) in [6, 6.07) is 6.51. The standard InChI is InChI=1S/C22H36N4O3S/c1-3-7-19-8-5-13-25(15-11-19)22(27)23-20-9-4-10-21(18-20)30(28,29)26-14-6-12-24(2)16-17-26/h4,9-10,18-19H,3,5-8,11-17H2,1-2H3,(H,23,27)/t19-/m0/s1. The summed E-state index contributed by atoms with van der Waals surface area (Å²) in [5, 5.41) is 2.92. The third-order valence-corrected chi connectivity index (χ3v) is 8.13. The lowest BCUT2D eigenvalue weighted by Gasteiger charge is -2.22. The van der Waals surface area contributed by atoms with Gasteiger partial charge in [-0.3, -0.25) is 0 Å². The number of hydrogen-bond donors (Lipinski definition) is 1. The Hall–Kier alpha value is -1.64. The van der Waals surface area contributed by atoms with Crippen LogP contribution in [0, 0.1) is 5.92 Å². The zero-order valence-corrected chi connectivity index (χ0v) is 19.2. The van der Waals surface area contributed by atoms with Gasteiger partial charge in [0.05, 0.1) is 4.90 Å². The fraction of sp³-hybridized carbons (Fsp3) is 0.682. The lowest BCUT2D eigenvalue weighted by Crippen LogP contribution is -2.36. The first-order valence-corrected chi connectivity index (χ1v) is 12.7. The van der Waals surface area contributed by atoms with Crippen LogP contribution in [0.2, 0.25) is 0 Å². The van der Waals surface area contributed by atoms with Gasteiger partial charge in [-0.25, -0.2) is 13.2 Å². The summed E-state index contributed by atoms with van der Waals surface area (Å²) in [5.41, 5.74) is 0.530. The third kappa shape index (κ3) is 5.95. The molecule has 1 aromatic carbocycles. The molecule has 1 N–H and O–H groups in total. The Bertz CT molecular complexity index is 814. The molecular formula is C22H36N4O3S. The van der Waals surface area contributed by atoms with Gasteiger partial charge in [0.1, 0.15) is 0 Å². The van der Waals surface area contributed by atoms with Crippen LogP contribution in [0.25, 0.3) is 0 Å². The molecular weight excluding hydrogens is 400 g/mol. The second kappa shape index (κ2) is 10.6. The molecule has 0 radical (unpaired) electrons. The van der Waals surface area contributed by atoms with Gasteiger partial charge in [0.2, 0.25) is 10.0 Å². The van der Waals surface area contributed by atoms with Crippen molar-refractivity contribution in [3.05, 3.63) is 24.3 Å². The number of benzene rings is 1. The predicted molar refractivity (Wildman–Crippen MR) is 120 cm³/mol. The summed E-state index contributed by atoms with van der Waals surface area (Å²) < 4.78 is 27.8. The fourth-order valence-electron chi connectivity index (χ4n) is 4.41. The molecule has 0 bridgehead atoms. The Balaban J connectivity index is 1.65. The molecule has 1 aromatic rings. The normalized spacial score (nSPS) is 22.3. The second-order valence-corrected chi connectivity index (χ2v) is 10.5. The van der Waals surface area contributed by atoms with Gasteiger partial charge in [-0.15, -0.1) is 0 Å². The smallest absolute Gasteiger partial charge is 0.321 e. The monoisotopic (exact) mass is 436 g/mol. The van der Waals surface area contributed by atoms with Crippen LogP contribution in [-0.4, -0.2) is 74.9 Å². The predicted octanol–water partition coefficient (Wildman–Crippen LogP) is 3.45. The Labute approximate surface area is 181 Å². The molecule has 0 aliphatic carbocycles. The SMILES string of the molecule is CCC[C@H]1CCCN(C(=O)Nc2cccc(S(=O)(=O)N3CCCN(C)CC3)c2)CC1. The minimum Gasteiger partial charge on any atom is -0.325 e. The Morgan fingerprint density at radius 3 is 2.70 bits per heavy atom. The van der Waals surface area contributed by atoms with Gasteiger partial charge >= 0.3 is 6.03 Å². The number of carbonyl (C=O) groups is 1. The van der Waals surface area contributed by atoms with E-state index in [4.69, 9.17) is 0 Å². The minimum absolute atomic E-state index is 0.141. The highest BCUT2D eigenvalue weighted by atomic mass is 32.2. The first-order chi connectivity index (χ1) is 14.4. The van der Waals surface area contributed by atoms with Gasteiger partial charge in [0.15, 0.2) is 0 Å². The molecule has 0 saturated carbocycles. The van der Waals surface area contributed by atoms with Gasteiger partial charge < -0.3 is 15.1 Å². The molecule has 2 aliphatic heterocycles. The van der Waals surface area contributed by atoms with Crippen molar-refractivity contribution in [1.82, 2.24) is 14.1 Å². The van der Waals surface area contributed by atoms with Crippen molar-refractivity contribution < 1.29 is 13.2 Å². The number of amides is 2. The van der Waals surface area contributed by atoms with Crippen molar-refractivity contribution in [2.45, 2.75) is 50.3 Å². The maximum absolute atomic E-state index is 13.1. The molecule has 2 amide bonds. The van der Waals surface area contributed by atoms with Crippen molar-refractivity contribution in [3.8, 4) is 0 Å². The van der Waals surface area contributed by atoms with E-state index in [9.17, 15) is 13.2 Å². The summed E-state index contributed by atoms with van der Waals surface area (Å²) in [6.45, 7) is 6.36. The molecule has 0 aromatic heterocycles. The van der Waals surface area contributed by atoms with Crippen molar-refractivity contribution in [2.75, 3.05) is 51.6 Å². The van der Waals surface area contributed by atoms with E-state index >= 15 is 0 Å². The lowest BCUT2D eigenvalue weighted by atomic mass is 9.96. The minimum atomic E-state index is -3.57. The van der Waals surface area contributed by atoms with Crippen LogP contribution >= 0.6 is 0 Å². The highest BCUT2D eigenvalue weighted by Crippen LogP contribution is 2.24. The molecule has 8 heteroatoms. The van der Waals surface area contributed by atoms with E-state index in [1.165, 1.54) is 19.3 Å². The van der Waals surface area contributed by atoms with E-state index in [0.717, 1.165) is 45.4 Å². The summed E-state index contributed by atoms with van der Waals surface area (Å²) in [7, 11) is -1.56. The van der Waals surface area contributed by atoms with E-state index in [1.807, 2.05) is 11.9 Å². The molecule has 2 aliphatic rings. The number of anilines is 1.